The van der Waals surface area contributed by atoms with E-state index in [1.54, 1.807) is 0 Å². The van der Waals surface area contributed by atoms with Gasteiger partial charge >= 0.3 is 0 Å². The number of halogens is 1. The van der Waals surface area contributed by atoms with E-state index in [0.717, 1.165) is 25.6 Å². The van der Waals surface area contributed by atoms with Crippen molar-refractivity contribution in [3.63, 3.8) is 0 Å². The molecule has 2 aromatic rings. The van der Waals surface area contributed by atoms with Gasteiger partial charge in [-0.3, -0.25) is 4.90 Å². The molecular formula is C23H36IN5. The number of guanidine groups is 1. The van der Waals surface area contributed by atoms with Gasteiger partial charge in [0, 0.05) is 39.1 Å². The fourth-order valence-corrected chi connectivity index (χ4v) is 3.76. The normalized spacial score (nSPS) is 15.4. The SMILES string of the molecule is CCNC(=NCc1ccn(C)c1)NCc1ccccc1CN1CCCCCC1.I. The lowest BCUT2D eigenvalue weighted by Gasteiger charge is -2.22. The van der Waals surface area contributed by atoms with Crippen LogP contribution in [0, 0.1) is 0 Å². The van der Waals surface area contributed by atoms with Crippen LogP contribution in [0.4, 0.5) is 0 Å². The van der Waals surface area contributed by atoms with Gasteiger partial charge in [-0.05, 0) is 55.6 Å². The minimum atomic E-state index is 0. The second-order valence-corrected chi connectivity index (χ2v) is 7.69. The highest BCUT2D eigenvalue weighted by Crippen LogP contribution is 2.16. The molecule has 0 saturated carbocycles. The van der Waals surface area contributed by atoms with Crippen LogP contribution >= 0.6 is 24.0 Å². The Morgan fingerprint density at radius 2 is 1.72 bits per heavy atom. The Balaban J connectivity index is 0.00000300. The summed E-state index contributed by atoms with van der Waals surface area (Å²) >= 11 is 0. The Kier molecular flexibility index (Phi) is 10.6. The Hall–Kier alpha value is -1.54. The number of aliphatic imine (C=N–C) groups is 1. The molecule has 1 aromatic heterocycles. The number of benzene rings is 1. The molecule has 0 aliphatic carbocycles. The first-order valence-electron chi connectivity index (χ1n) is 10.7. The van der Waals surface area contributed by atoms with Crippen LogP contribution in [0.3, 0.4) is 0 Å². The van der Waals surface area contributed by atoms with Crippen molar-refractivity contribution in [3.05, 3.63) is 59.4 Å². The first kappa shape index (κ1) is 23.7. The largest absolute Gasteiger partial charge is 0.357 e. The molecule has 1 aliphatic heterocycles. The average Bonchev–Trinajstić information content (AvgIpc) is 2.95. The summed E-state index contributed by atoms with van der Waals surface area (Å²) in [6.45, 7) is 7.95. The van der Waals surface area contributed by atoms with Crippen LogP contribution in [-0.4, -0.2) is 35.1 Å². The van der Waals surface area contributed by atoms with Crippen molar-refractivity contribution >= 4 is 29.9 Å². The van der Waals surface area contributed by atoms with Gasteiger partial charge in [-0.25, -0.2) is 4.99 Å². The van der Waals surface area contributed by atoms with E-state index in [2.05, 4.69) is 69.7 Å². The maximum Gasteiger partial charge on any atom is 0.191 e. The van der Waals surface area contributed by atoms with E-state index in [-0.39, 0.29) is 24.0 Å². The molecule has 0 bridgehead atoms. The van der Waals surface area contributed by atoms with Gasteiger partial charge in [0.1, 0.15) is 0 Å². The van der Waals surface area contributed by atoms with E-state index in [9.17, 15) is 0 Å². The van der Waals surface area contributed by atoms with Crippen LogP contribution in [0.25, 0.3) is 0 Å². The molecule has 0 amide bonds. The van der Waals surface area contributed by atoms with E-state index < -0.39 is 0 Å². The van der Waals surface area contributed by atoms with Gasteiger partial charge in [-0.1, -0.05) is 37.1 Å². The van der Waals surface area contributed by atoms with Crippen LogP contribution in [0.1, 0.15) is 49.3 Å². The van der Waals surface area contributed by atoms with Crippen LogP contribution in [0.15, 0.2) is 47.7 Å². The van der Waals surface area contributed by atoms with Crippen molar-refractivity contribution < 1.29 is 0 Å². The predicted molar refractivity (Wildman–Crippen MR) is 133 cm³/mol. The molecule has 6 heteroatoms. The van der Waals surface area contributed by atoms with Crippen molar-refractivity contribution in [2.75, 3.05) is 19.6 Å². The number of hydrogen-bond acceptors (Lipinski definition) is 2. The molecule has 0 unspecified atom stereocenters. The number of nitrogens with zero attached hydrogens (tertiary/aromatic N) is 3. The third-order valence-electron chi connectivity index (χ3n) is 5.31. The zero-order valence-corrected chi connectivity index (χ0v) is 20.2. The fraction of sp³-hybridized carbons (Fsp3) is 0.522. The van der Waals surface area contributed by atoms with E-state index in [0.29, 0.717) is 6.54 Å². The molecule has 3 rings (SSSR count). The van der Waals surface area contributed by atoms with Crippen LogP contribution in [-0.2, 0) is 26.7 Å². The molecule has 2 N–H and O–H groups in total. The summed E-state index contributed by atoms with van der Waals surface area (Å²) in [5.74, 6) is 0.871. The highest BCUT2D eigenvalue weighted by molar-refractivity contribution is 14.0. The summed E-state index contributed by atoms with van der Waals surface area (Å²) < 4.78 is 2.06. The molecule has 0 spiro atoms. The molecule has 0 radical (unpaired) electrons. The third-order valence-corrected chi connectivity index (χ3v) is 5.31. The van der Waals surface area contributed by atoms with Crippen LogP contribution in [0.5, 0.6) is 0 Å². The third kappa shape index (κ3) is 8.01. The van der Waals surface area contributed by atoms with Gasteiger partial charge in [0.25, 0.3) is 0 Å². The first-order chi connectivity index (χ1) is 13.7. The predicted octanol–water partition coefficient (Wildman–Crippen LogP) is 4.27. The Morgan fingerprint density at radius 3 is 2.38 bits per heavy atom. The molecule has 0 atom stereocenters. The number of aromatic nitrogens is 1. The number of aryl methyl sites for hydroxylation is 1. The second kappa shape index (κ2) is 12.9. The highest BCUT2D eigenvalue weighted by atomic mass is 127. The minimum Gasteiger partial charge on any atom is -0.357 e. The summed E-state index contributed by atoms with van der Waals surface area (Å²) in [7, 11) is 2.04. The van der Waals surface area contributed by atoms with Crippen molar-refractivity contribution in [1.29, 1.82) is 0 Å². The molecule has 1 aliphatic rings. The van der Waals surface area contributed by atoms with Crippen molar-refractivity contribution in [3.8, 4) is 0 Å². The molecule has 29 heavy (non-hydrogen) atoms. The lowest BCUT2D eigenvalue weighted by molar-refractivity contribution is 0.276. The lowest BCUT2D eigenvalue weighted by Crippen LogP contribution is -2.37. The Bertz CT molecular complexity index is 747. The van der Waals surface area contributed by atoms with E-state index in [4.69, 9.17) is 4.99 Å². The lowest BCUT2D eigenvalue weighted by atomic mass is 10.1. The number of nitrogens with one attached hydrogen (secondary N) is 2. The van der Waals surface area contributed by atoms with Gasteiger partial charge < -0.3 is 15.2 Å². The van der Waals surface area contributed by atoms with Crippen molar-refractivity contribution in [2.45, 2.75) is 52.2 Å². The van der Waals surface area contributed by atoms with Crippen LogP contribution in [0.2, 0.25) is 0 Å². The number of rotatable bonds is 7. The monoisotopic (exact) mass is 509 g/mol. The Labute approximate surface area is 193 Å². The summed E-state index contributed by atoms with van der Waals surface area (Å²) in [6, 6.07) is 10.9. The molecule has 5 nitrogen and oxygen atoms in total. The van der Waals surface area contributed by atoms with Gasteiger partial charge in [-0.2, -0.15) is 0 Å². The van der Waals surface area contributed by atoms with Crippen LogP contribution < -0.4 is 10.6 Å². The van der Waals surface area contributed by atoms with Crippen molar-refractivity contribution in [1.82, 2.24) is 20.1 Å². The topological polar surface area (TPSA) is 44.6 Å². The molecular weight excluding hydrogens is 473 g/mol. The van der Waals surface area contributed by atoms with Crippen molar-refractivity contribution in [2.24, 2.45) is 12.0 Å². The summed E-state index contributed by atoms with van der Waals surface area (Å²) in [5.41, 5.74) is 4.01. The van der Waals surface area contributed by atoms with Gasteiger partial charge in [0.05, 0.1) is 6.54 Å². The van der Waals surface area contributed by atoms with Gasteiger partial charge in [-0.15, -0.1) is 24.0 Å². The molecule has 1 aromatic carbocycles. The smallest absolute Gasteiger partial charge is 0.191 e. The molecule has 160 valence electrons. The highest BCUT2D eigenvalue weighted by Gasteiger charge is 2.11. The standard InChI is InChI=1S/C23H35N5.HI/c1-3-24-23(25-16-20-12-15-27(2)18-20)26-17-21-10-6-7-11-22(21)19-28-13-8-4-5-9-14-28;/h6-7,10-12,15,18H,3-5,8-9,13-14,16-17,19H2,1-2H3,(H2,24,25,26);1H. The summed E-state index contributed by atoms with van der Waals surface area (Å²) in [5, 5.41) is 6.88. The average molecular weight is 509 g/mol. The second-order valence-electron chi connectivity index (χ2n) is 7.69. The van der Waals surface area contributed by atoms with E-state index in [1.807, 2.05) is 7.05 Å². The maximum absolute atomic E-state index is 4.74. The van der Waals surface area contributed by atoms with Gasteiger partial charge in [0.15, 0.2) is 5.96 Å². The zero-order valence-electron chi connectivity index (χ0n) is 17.9. The zero-order chi connectivity index (χ0) is 19.6. The quantitative estimate of drug-likeness (QED) is 0.333. The molecule has 1 fully saturated rings. The molecule has 1 saturated heterocycles. The minimum absolute atomic E-state index is 0. The maximum atomic E-state index is 4.74. The molecule has 2 heterocycles. The van der Waals surface area contributed by atoms with Gasteiger partial charge in [0.2, 0.25) is 0 Å². The fourth-order valence-electron chi connectivity index (χ4n) is 3.76. The first-order valence-corrected chi connectivity index (χ1v) is 10.7. The number of hydrogen-bond donors (Lipinski definition) is 2. The number of likely N-dealkylation sites (tertiary alicyclic amines) is 1. The van der Waals surface area contributed by atoms with E-state index >= 15 is 0 Å². The van der Waals surface area contributed by atoms with E-state index in [1.165, 1.54) is 55.5 Å². The Morgan fingerprint density at radius 1 is 1.00 bits per heavy atom. The summed E-state index contributed by atoms with van der Waals surface area (Å²) in [4.78, 5) is 7.35. The summed E-state index contributed by atoms with van der Waals surface area (Å²) in [6.07, 6.45) is 9.59.